The summed E-state index contributed by atoms with van der Waals surface area (Å²) in [7, 11) is 0. The molecule has 0 bridgehead atoms. The van der Waals surface area contributed by atoms with Crippen molar-refractivity contribution in [2.75, 3.05) is 26.2 Å². The summed E-state index contributed by atoms with van der Waals surface area (Å²) in [5, 5.41) is 5.73. The predicted molar refractivity (Wildman–Crippen MR) is 135 cm³/mol. The molecule has 0 saturated carbocycles. The SMILES string of the molecule is Cc1cccc(CN2CCN(C(=O)Cn3nc(C)c4c(-c5cccc(C)c5)ccnc43)CC2)c1. The van der Waals surface area contributed by atoms with Crippen molar-refractivity contribution in [3.8, 4) is 11.1 Å². The summed E-state index contributed by atoms with van der Waals surface area (Å²) in [4.78, 5) is 22.1. The van der Waals surface area contributed by atoms with Crippen LogP contribution >= 0.6 is 0 Å². The molecule has 1 aliphatic rings. The van der Waals surface area contributed by atoms with Crippen LogP contribution in [0.25, 0.3) is 22.2 Å². The van der Waals surface area contributed by atoms with E-state index >= 15 is 0 Å². The second kappa shape index (κ2) is 9.39. The molecule has 174 valence electrons. The number of benzene rings is 2. The Morgan fingerprint density at radius 2 is 1.65 bits per heavy atom. The number of fused-ring (bicyclic) bond motifs is 1. The van der Waals surface area contributed by atoms with Gasteiger partial charge in [0.05, 0.1) is 5.69 Å². The topological polar surface area (TPSA) is 54.3 Å². The van der Waals surface area contributed by atoms with Gasteiger partial charge in [0.1, 0.15) is 6.54 Å². The highest BCUT2D eigenvalue weighted by Crippen LogP contribution is 2.30. The monoisotopic (exact) mass is 453 g/mol. The van der Waals surface area contributed by atoms with E-state index in [1.54, 1.807) is 4.68 Å². The number of hydrogen-bond donors (Lipinski definition) is 0. The molecule has 1 saturated heterocycles. The normalized spacial score (nSPS) is 14.6. The second-order valence-electron chi connectivity index (χ2n) is 9.32. The van der Waals surface area contributed by atoms with Gasteiger partial charge in [0.25, 0.3) is 0 Å². The summed E-state index contributed by atoms with van der Waals surface area (Å²) in [6.07, 6.45) is 1.81. The molecule has 3 heterocycles. The fraction of sp³-hybridized carbons (Fsp3) is 0.321. The Morgan fingerprint density at radius 3 is 2.38 bits per heavy atom. The number of aromatic nitrogens is 3. The summed E-state index contributed by atoms with van der Waals surface area (Å²) < 4.78 is 1.77. The van der Waals surface area contributed by atoms with E-state index in [0.29, 0.717) is 0 Å². The van der Waals surface area contributed by atoms with E-state index in [1.807, 2.05) is 24.1 Å². The second-order valence-corrected chi connectivity index (χ2v) is 9.32. The summed E-state index contributed by atoms with van der Waals surface area (Å²) in [6.45, 7) is 10.6. The number of hydrogen-bond acceptors (Lipinski definition) is 4. The summed E-state index contributed by atoms with van der Waals surface area (Å²) in [5.74, 6) is 0.0994. The first-order valence-corrected chi connectivity index (χ1v) is 11.9. The molecule has 0 unspecified atom stereocenters. The highest BCUT2D eigenvalue weighted by molar-refractivity contribution is 5.95. The van der Waals surface area contributed by atoms with E-state index in [-0.39, 0.29) is 12.5 Å². The molecule has 2 aromatic heterocycles. The van der Waals surface area contributed by atoms with Crippen molar-refractivity contribution in [3.05, 3.63) is 83.2 Å². The Hall–Kier alpha value is -3.51. The molecular weight excluding hydrogens is 422 g/mol. The third-order valence-corrected chi connectivity index (χ3v) is 6.64. The zero-order valence-electron chi connectivity index (χ0n) is 20.2. The molecule has 1 amide bonds. The average molecular weight is 454 g/mol. The number of rotatable bonds is 5. The molecule has 6 heteroatoms. The highest BCUT2D eigenvalue weighted by Gasteiger charge is 2.23. The zero-order chi connectivity index (χ0) is 23.7. The van der Waals surface area contributed by atoms with Gasteiger partial charge in [-0.3, -0.25) is 9.69 Å². The quantitative estimate of drug-likeness (QED) is 0.450. The van der Waals surface area contributed by atoms with Crippen molar-refractivity contribution >= 4 is 16.9 Å². The minimum Gasteiger partial charge on any atom is -0.339 e. The fourth-order valence-electron chi connectivity index (χ4n) is 4.90. The Morgan fingerprint density at radius 1 is 0.912 bits per heavy atom. The number of carbonyl (C=O) groups is 1. The molecule has 0 radical (unpaired) electrons. The fourth-order valence-corrected chi connectivity index (χ4v) is 4.90. The molecule has 4 aromatic rings. The number of carbonyl (C=O) groups excluding carboxylic acids is 1. The maximum Gasteiger partial charge on any atom is 0.244 e. The van der Waals surface area contributed by atoms with Crippen molar-refractivity contribution in [2.45, 2.75) is 33.9 Å². The lowest BCUT2D eigenvalue weighted by atomic mass is 10.0. The first kappa shape index (κ1) is 22.3. The van der Waals surface area contributed by atoms with Crippen LogP contribution in [0.15, 0.2) is 60.8 Å². The van der Waals surface area contributed by atoms with Crippen molar-refractivity contribution in [1.29, 1.82) is 0 Å². The van der Waals surface area contributed by atoms with Gasteiger partial charge in [-0.1, -0.05) is 59.7 Å². The lowest BCUT2D eigenvalue weighted by Gasteiger charge is -2.34. The van der Waals surface area contributed by atoms with Crippen LogP contribution < -0.4 is 0 Å². The van der Waals surface area contributed by atoms with Crippen molar-refractivity contribution in [2.24, 2.45) is 0 Å². The zero-order valence-corrected chi connectivity index (χ0v) is 20.2. The lowest BCUT2D eigenvalue weighted by Crippen LogP contribution is -2.49. The Balaban J connectivity index is 1.28. The average Bonchev–Trinajstić information content (AvgIpc) is 3.15. The number of amides is 1. The number of pyridine rings is 1. The largest absolute Gasteiger partial charge is 0.339 e. The van der Waals surface area contributed by atoms with Gasteiger partial charge in [0.2, 0.25) is 5.91 Å². The number of nitrogens with zero attached hydrogens (tertiary/aromatic N) is 5. The van der Waals surface area contributed by atoms with Crippen LogP contribution in [-0.2, 0) is 17.9 Å². The molecule has 5 rings (SSSR count). The maximum absolute atomic E-state index is 13.1. The molecule has 34 heavy (non-hydrogen) atoms. The van der Waals surface area contributed by atoms with Crippen LogP contribution in [0.5, 0.6) is 0 Å². The third-order valence-electron chi connectivity index (χ3n) is 6.64. The van der Waals surface area contributed by atoms with Crippen LogP contribution in [0.1, 0.15) is 22.4 Å². The molecule has 0 spiro atoms. The Kier molecular flexibility index (Phi) is 6.16. The van der Waals surface area contributed by atoms with E-state index in [0.717, 1.165) is 60.6 Å². The first-order valence-electron chi connectivity index (χ1n) is 11.9. The molecule has 2 aromatic carbocycles. The Bertz CT molecular complexity index is 1330. The summed E-state index contributed by atoms with van der Waals surface area (Å²) in [5.41, 5.74) is 7.74. The summed E-state index contributed by atoms with van der Waals surface area (Å²) >= 11 is 0. The first-order chi connectivity index (χ1) is 16.5. The van der Waals surface area contributed by atoms with Gasteiger partial charge in [-0.15, -0.1) is 0 Å². The van der Waals surface area contributed by atoms with E-state index in [9.17, 15) is 4.79 Å². The van der Waals surface area contributed by atoms with Gasteiger partial charge in [0, 0.05) is 44.3 Å². The van der Waals surface area contributed by atoms with Gasteiger partial charge in [-0.05, 0) is 43.5 Å². The number of piperazine rings is 1. The lowest BCUT2D eigenvalue weighted by molar-refractivity contribution is -0.133. The van der Waals surface area contributed by atoms with Gasteiger partial charge < -0.3 is 4.90 Å². The molecule has 0 atom stereocenters. The standard InChI is InChI=1S/C28H31N5O/c1-20-6-4-8-23(16-20)18-31-12-14-32(15-13-31)26(34)19-33-28-27(22(3)30-33)25(10-11-29-28)24-9-5-7-21(2)17-24/h4-11,16-17H,12-15,18-19H2,1-3H3. The number of aryl methyl sites for hydroxylation is 3. The van der Waals surface area contributed by atoms with E-state index in [1.165, 1.54) is 16.7 Å². The van der Waals surface area contributed by atoms with E-state index in [2.05, 4.69) is 72.3 Å². The molecular formula is C28H31N5O. The summed E-state index contributed by atoms with van der Waals surface area (Å²) in [6, 6.07) is 19.1. The van der Waals surface area contributed by atoms with Crippen LogP contribution in [0, 0.1) is 20.8 Å². The highest BCUT2D eigenvalue weighted by atomic mass is 16.2. The minimum atomic E-state index is 0.0994. The van der Waals surface area contributed by atoms with Gasteiger partial charge >= 0.3 is 0 Å². The maximum atomic E-state index is 13.1. The van der Waals surface area contributed by atoms with Crippen molar-refractivity contribution < 1.29 is 4.79 Å². The van der Waals surface area contributed by atoms with Gasteiger partial charge in [-0.25, -0.2) is 9.67 Å². The van der Waals surface area contributed by atoms with Crippen LogP contribution in [0.4, 0.5) is 0 Å². The van der Waals surface area contributed by atoms with E-state index in [4.69, 9.17) is 5.10 Å². The van der Waals surface area contributed by atoms with Crippen LogP contribution in [0.2, 0.25) is 0 Å². The molecule has 6 nitrogen and oxygen atoms in total. The van der Waals surface area contributed by atoms with Crippen LogP contribution in [0.3, 0.4) is 0 Å². The minimum absolute atomic E-state index is 0.0994. The van der Waals surface area contributed by atoms with E-state index < -0.39 is 0 Å². The predicted octanol–water partition coefficient (Wildman–Crippen LogP) is 4.37. The van der Waals surface area contributed by atoms with Crippen LogP contribution in [-0.4, -0.2) is 56.7 Å². The molecule has 1 fully saturated rings. The van der Waals surface area contributed by atoms with Crippen molar-refractivity contribution in [1.82, 2.24) is 24.6 Å². The van der Waals surface area contributed by atoms with Gasteiger partial charge in [0.15, 0.2) is 5.65 Å². The Labute approximate surface area is 200 Å². The molecule has 0 N–H and O–H groups in total. The molecule has 0 aliphatic carbocycles. The smallest absolute Gasteiger partial charge is 0.244 e. The molecule has 1 aliphatic heterocycles. The third kappa shape index (κ3) is 4.59. The van der Waals surface area contributed by atoms with Gasteiger partial charge in [-0.2, -0.15) is 5.10 Å². The van der Waals surface area contributed by atoms with Crippen molar-refractivity contribution in [3.63, 3.8) is 0 Å².